The number of carboxylic acids is 1. The third-order valence-corrected chi connectivity index (χ3v) is 6.03. The summed E-state index contributed by atoms with van der Waals surface area (Å²) in [6, 6.07) is 0.274. The Balaban J connectivity index is 1.73. The molecule has 3 rings (SSSR count). The van der Waals surface area contributed by atoms with E-state index in [0.717, 1.165) is 18.9 Å². The highest BCUT2D eigenvalue weighted by molar-refractivity contribution is 5.74. The lowest BCUT2D eigenvalue weighted by Gasteiger charge is -2.37. The number of fused-ring (bicyclic) bond motifs is 1. The molecule has 0 bridgehead atoms. The Morgan fingerprint density at radius 1 is 1.11 bits per heavy atom. The Morgan fingerprint density at radius 3 is 2.53 bits per heavy atom. The molecular formula is C16H27NO2. The van der Waals surface area contributed by atoms with Gasteiger partial charge in [0.1, 0.15) is 6.04 Å². The number of nitrogens with zero attached hydrogens (tertiary/aromatic N) is 1. The van der Waals surface area contributed by atoms with Gasteiger partial charge < -0.3 is 5.11 Å². The van der Waals surface area contributed by atoms with Crippen LogP contribution in [0.4, 0.5) is 0 Å². The van der Waals surface area contributed by atoms with Crippen LogP contribution in [-0.2, 0) is 4.79 Å². The normalized spacial score (nSPS) is 38.3. The van der Waals surface area contributed by atoms with E-state index in [1.54, 1.807) is 0 Å². The molecule has 0 spiro atoms. The first-order chi connectivity index (χ1) is 9.18. The number of carboxylic acid groups (broad SMARTS) is 1. The summed E-state index contributed by atoms with van der Waals surface area (Å²) in [4.78, 5) is 14.1. The maximum absolute atomic E-state index is 11.7. The lowest BCUT2D eigenvalue weighted by atomic mass is 9.83. The Labute approximate surface area is 116 Å². The molecule has 1 saturated heterocycles. The van der Waals surface area contributed by atoms with E-state index in [-0.39, 0.29) is 6.04 Å². The summed E-state index contributed by atoms with van der Waals surface area (Å²) < 4.78 is 0. The number of aliphatic carboxylic acids is 1. The van der Waals surface area contributed by atoms with E-state index in [0.29, 0.717) is 17.9 Å². The van der Waals surface area contributed by atoms with Crippen LogP contribution in [0.15, 0.2) is 0 Å². The molecule has 4 unspecified atom stereocenters. The first-order valence-electron chi connectivity index (χ1n) is 8.17. The second-order valence-corrected chi connectivity index (χ2v) is 6.97. The molecule has 19 heavy (non-hydrogen) atoms. The van der Waals surface area contributed by atoms with Gasteiger partial charge in [-0.1, -0.05) is 25.7 Å². The van der Waals surface area contributed by atoms with Gasteiger partial charge in [-0.2, -0.15) is 0 Å². The molecule has 3 aliphatic rings. The van der Waals surface area contributed by atoms with Crippen LogP contribution >= 0.6 is 0 Å². The first kappa shape index (κ1) is 13.4. The van der Waals surface area contributed by atoms with Crippen LogP contribution in [0, 0.1) is 17.8 Å². The number of carbonyl (C=O) groups is 1. The van der Waals surface area contributed by atoms with Crippen LogP contribution in [0.5, 0.6) is 0 Å². The van der Waals surface area contributed by atoms with Crippen molar-refractivity contribution in [2.75, 3.05) is 6.54 Å². The minimum absolute atomic E-state index is 0.190. The van der Waals surface area contributed by atoms with Crippen molar-refractivity contribution < 1.29 is 9.90 Å². The van der Waals surface area contributed by atoms with Crippen LogP contribution in [0.25, 0.3) is 0 Å². The van der Waals surface area contributed by atoms with Crippen molar-refractivity contribution in [2.45, 2.75) is 70.4 Å². The van der Waals surface area contributed by atoms with Gasteiger partial charge >= 0.3 is 5.97 Å². The molecular weight excluding hydrogens is 238 g/mol. The standard InChI is InChI=1S/C16H27NO2/c1-11(12-6-3-2-4-7-12)17-10-13-8-5-9-14(13)15(17)16(18)19/h11-15H,2-10H2,1H3,(H,18,19). The predicted molar refractivity (Wildman–Crippen MR) is 75.0 cm³/mol. The third-order valence-electron chi connectivity index (χ3n) is 6.03. The molecule has 3 nitrogen and oxygen atoms in total. The Kier molecular flexibility index (Phi) is 3.84. The summed E-state index contributed by atoms with van der Waals surface area (Å²) in [5, 5.41) is 9.64. The molecule has 4 atom stereocenters. The van der Waals surface area contributed by atoms with Crippen LogP contribution in [0.1, 0.15) is 58.3 Å². The molecule has 1 heterocycles. The van der Waals surface area contributed by atoms with E-state index in [1.807, 2.05) is 0 Å². The van der Waals surface area contributed by atoms with Gasteiger partial charge in [0.2, 0.25) is 0 Å². The molecule has 2 aliphatic carbocycles. The van der Waals surface area contributed by atoms with Crippen LogP contribution in [-0.4, -0.2) is 34.6 Å². The summed E-state index contributed by atoms with van der Waals surface area (Å²) >= 11 is 0. The van der Waals surface area contributed by atoms with Crippen molar-refractivity contribution >= 4 is 5.97 Å². The lowest BCUT2D eigenvalue weighted by molar-refractivity contribution is -0.144. The highest BCUT2D eigenvalue weighted by Crippen LogP contribution is 2.44. The molecule has 0 aromatic carbocycles. The summed E-state index contributed by atoms with van der Waals surface area (Å²) in [5.41, 5.74) is 0. The second kappa shape index (κ2) is 5.43. The molecule has 0 aromatic heterocycles. The minimum Gasteiger partial charge on any atom is -0.480 e. The SMILES string of the molecule is CC(C1CCCCC1)N1CC2CCCC2C1C(=O)O. The highest BCUT2D eigenvalue weighted by atomic mass is 16.4. The lowest BCUT2D eigenvalue weighted by Crippen LogP contribution is -2.47. The summed E-state index contributed by atoms with van der Waals surface area (Å²) in [6.07, 6.45) is 10.3. The van der Waals surface area contributed by atoms with Crippen LogP contribution in [0.3, 0.4) is 0 Å². The molecule has 3 heteroatoms. The number of likely N-dealkylation sites (tertiary alicyclic amines) is 1. The third kappa shape index (κ3) is 2.42. The fraction of sp³-hybridized carbons (Fsp3) is 0.938. The van der Waals surface area contributed by atoms with Gasteiger partial charge in [-0.3, -0.25) is 9.69 Å². The average Bonchev–Trinajstić information content (AvgIpc) is 2.98. The van der Waals surface area contributed by atoms with Crippen molar-refractivity contribution in [1.82, 2.24) is 4.90 Å². The molecule has 3 fully saturated rings. The predicted octanol–water partition coefficient (Wildman–Crippen LogP) is 3.14. The van der Waals surface area contributed by atoms with Gasteiger partial charge in [0, 0.05) is 12.6 Å². The smallest absolute Gasteiger partial charge is 0.321 e. The largest absolute Gasteiger partial charge is 0.480 e. The fourth-order valence-electron chi connectivity index (χ4n) is 4.97. The van der Waals surface area contributed by atoms with Crippen molar-refractivity contribution in [3.05, 3.63) is 0 Å². The molecule has 108 valence electrons. The maximum Gasteiger partial charge on any atom is 0.321 e. The van der Waals surface area contributed by atoms with E-state index in [2.05, 4.69) is 11.8 Å². The quantitative estimate of drug-likeness (QED) is 0.852. The first-order valence-corrected chi connectivity index (χ1v) is 8.17. The molecule has 1 aliphatic heterocycles. The van der Waals surface area contributed by atoms with Crippen molar-refractivity contribution in [3.8, 4) is 0 Å². The summed E-state index contributed by atoms with van der Waals surface area (Å²) in [6.45, 7) is 3.33. The van der Waals surface area contributed by atoms with Crippen molar-refractivity contribution in [2.24, 2.45) is 17.8 Å². The van der Waals surface area contributed by atoms with Gasteiger partial charge in [0.15, 0.2) is 0 Å². The Bertz CT molecular complexity index is 338. The van der Waals surface area contributed by atoms with Crippen LogP contribution < -0.4 is 0 Å². The second-order valence-electron chi connectivity index (χ2n) is 6.97. The fourth-order valence-corrected chi connectivity index (χ4v) is 4.97. The van der Waals surface area contributed by atoms with E-state index >= 15 is 0 Å². The molecule has 0 radical (unpaired) electrons. The number of rotatable bonds is 3. The van der Waals surface area contributed by atoms with E-state index < -0.39 is 5.97 Å². The number of hydrogen-bond donors (Lipinski definition) is 1. The van der Waals surface area contributed by atoms with Gasteiger partial charge in [-0.05, 0) is 50.4 Å². The maximum atomic E-state index is 11.7. The zero-order valence-electron chi connectivity index (χ0n) is 12.1. The zero-order valence-corrected chi connectivity index (χ0v) is 12.1. The van der Waals surface area contributed by atoms with E-state index in [9.17, 15) is 9.90 Å². The molecule has 0 amide bonds. The van der Waals surface area contributed by atoms with E-state index in [4.69, 9.17) is 0 Å². The molecule has 2 saturated carbocycles. The van der Waals surface area contributed by atoms with Gasteiger partial charge in [-0.15, -0.1) is 0 Å². The number of hydrogen-bond acceptors (Lipinski definition) is 2. The minimum atomic E-state index is -0.572. The summed E-state index contributed by atoms with van der Waals surface area (Å²) in [7, 11) is 0. The Morgan fingerprint density at radius 2 is 1.84 bits per heavy atom. The monoisotopic (exact) mass is 265 g/mol. The van der Waals surface area contributed by atoms with Crippen molar-refractivity contribution in [3.63, 3.8) is 0 Å². The Hall–Kier alpha value is -0.570. The topological polar surface area (TPSA) is 40.5 Å². The van der Waals surface area contributed by atoms with Crippen LogP contribution in [0.2, 0.25) is 0 Å². The highest BCUT2D eigenvalue weighted by Gasteiger charge is 2.49. The average molecular weight is 265 g/mol. The molecule has 0 aromatic rings. The molecule has 1 N–H and O–H groups in total. The zero-order chi connectivity index (χ0) is 13.4. The van der Waals surface area contributed by atoms with E-state index in [1.165, 1.54) is 44.9 Å². The van der Waals surface area contributed by atoms with Crippen molar-refractivity contribution in [1.29, 1.82) is 0 Å². The van der Waals surface area contributed by atoms with Gasteiger partial charge in [0.25, 0.3) is 0 Å². The van der Waals surface area contributed by atoms with Gasteiger partial charge in [-0.25, -0.2) is 0 Å². The summed E-state index contributed by atoms with van der Waals surface area (Å²) in [5.74, 6) is 1.25. The van der Waals surface area contributed by atoms with Gasteiger partial charge in [0.05, 0.1) is 0 Å².